The number of hydrogen-bond donors (Lipinski definition) is 0. The number of nitrogens with zero attached hydrogens (tertiary/aromatic N) is 6. The van der Waals surface area contributed by atoms with Crippen molar-refractivity contribution in [2.75, 3.05) is 0 Å². The molecule has 10 aromatic carbocycles. The van der Waals surface area contributed by atoms with Gasteiger partial charge in [-0.05, 0) is 47.2 Å². The number of benzene rings is 10. The zero-order valence-corrected chi connectivity index (χ0v) is 46.0. The van der Waals surface area contributed by atoms with E-state index in [1.54, 1.807) is 12.3 Å². The second-order valence-corrected chi connectivity index (χ2v) is 22.5. The molecule has 384 valence electrons. The van der Waals surface area contributed by atoms with Crippen LogP contribution in [0.3, 0.4) is 0 Å². The third-order valence-electron chi connectivity index (χ3n) is 15.7. The van der Waals surface area contributed by atoms with Gasteiger partial charge >= 0.3 is 294 Å². The summed E-state index contributed by atoms with van der Waals surface area (Å²) in [5.74, 6) is 1.33. The van der Waals surface area contributed by atoms with E-state index in [-0.39, 0.29) is 11.0 Å². The van der Waals surface area contributed by atoms with Crippen molar-refractivity contribution in [3.05, 3.63) is 251 Å². The molecule has 0 saturated carbocycles. The summed E-state index contributed by atoms with van der Waals surface area (Å²) in [6.07, 6.45) is 1.69. The summed E-state index contributed by atoms with van der Waals surface area (Å²) in [6.45, 7) is 4.00. The average molecular weight is 1210 g/mol. The SMILES string of the molecule is [2H]C([2H])([2H])c1cc(-n2c3[c-]c(Oc4[c-]c(-n5[c](=[Pt])n(-c6c(-c7ccccc7)cccc6-c6ccccc6)c6ccccc65)ccc4)ccc3c3cc4c5cc(C#N)cc6c7ccccc7n(c4cc32)c65)ncc1-c1ccc(C(C)(C)C)cc1. The standard InChI is InChI=1S/C72H48N6O.Pt/c1-45-35-69(74-43-62(45)49-29-31-50(32-30-49)72(2,3)4)77-66-39-53(33-34-57(66)58-40-59-61-37-46(42-73)36-60-56-23-11-12-26-63(56)78(71(60)61)68(59)41-67(58)77)79-52-22-15-21-51(38-52)75-44-76(65-28-14-13-27-64(65)75)70-54(47-17-7-5-8-18-47)24-16-25-55(70)48-19-9-6-10-20-48;/h5-37,40-41,43H,1-4H3;/q-2;/i1D3;. The topological polar surface area (TPSA) is 65.1 Å². The predicted octanol–water partition coefficient (Wildman–Crippen LogP) is 18.0. The van der Waals surface area contributed by atoms with Gasteiger partial charge in [0.05, 0.1) is 28.2 Å². The van der Waals surface area contributed by atoms with Crippen LogP contribution in [-0.2, 0) is 24.8 Å². The van der Waals surface area contributed by atoms with Gasteiger partial charge in [0.15, 0.2) is 0 Å². The molecule has 80 heavy (non-hydrogen) atoms. The first-order valence-electron chi connectivity index (χ1n) is 28.1. The number of aromatic nitrogens is 5. The predicted molar refractivity (Wildman–Crippen MR) is 321 cm³/mol. The van der Waals surface area contributed by atoms with Crippen LogP contribution in [0, 0.1) is 34.1 Å². The summed E-state index contributed by atoms with van der Waals surface area (Å²) in [7, 11) is 0. The Labute approximate surface area is 477 Å². The van der Waals surface area contributed by atoms with Crippen molar-refractivity contribution >= 4 is 70.9 Å². The Morgan fingerprint density at radius 1 is 0.525 bits per heavy atom. The van der Waals surface area contributed by atoms with E-state index >= 15 is 0 Å². The number of imidazole rings is 1. The minimum atomic E-state index is -2.48. The van der Waals surface area contributed by atoms with Crippen LogP contribution in [0.4, 0.5) is 0 Å². The molecule has 0 radical (unpaired) electrons. The van der Waals surface area contributed by atoms with Crippen molar-refractivity contribution in [2.45, 2.75) is 33.0 Å². The molecule has 0 N–H and O–H groups in total. The minimum Gasteiger partial charge on any atom is -0.0579 e. The molecule has 8 heteroatoms. The second kappa shape index (κ2) is 18.2. The van der Waals surface area contributed by atoms with Crippen molar-refractivity contribution in [1.82, 2.24) is 23.1 Å². The Bertz CT molecular complexity index is 5180. The van der Waals surface area contributed by atoms with Gasteiger partial charge < -0.3 is 4.40 Å². The Morgan fingerprint density at radius 2 is 1.15 bits per heavy atom. The van der Waals surface area contributed by atoms with Gasteiger partial charge in [-0.2, -0.15) is 5.26 Å². The van der Waals surface area contributed by atoms with E-state index in [1.807, 2.05) is 83.4 Å². The summed E-state index contributed by atoms with van der Waals surface area (Å²) < 4.78 is 43.5. The number of para-hydroxylation sites is 4. The van der Waals surface area contributed by atoms with Crippen molar-refractivity contribution in [3.8, 4) is 68.1 Å². The van der Waals surface area contributed by atoms with E-state index in [0.717, 1.165) is 114 Å². The smallest absolute Gasteiger partial charge is 0.0579 e. The molecule has 0 aliphatic heterocycles. The summed E-state index contributed by atoms with van der Waals surface area (Å²) in [5.41, 5.74) is 15.9. The van der Waals surface area contributed by atoms with Gasteiger partial charge in [-0.1, -0.05) is 63.2 Å². The molecule has 0 spiro atoms. The van der Waals surface area contributed by atoms with Crippen LogP contribution in [0.2, 0.25) is 0 Å². The van der Waals surface area contributed by atoms with Crippen molar-refractivity contribution in [1.29, 1.82) is 5.26 Å². The van der Waals surface area contributed by atoms with Crippen LogP contribution < -0.4 is 4.74 Å². The normalized spacial score (nSPS) is 12.8. The van der Waals surface area contributed by atoms with E-state index < -0.39 is 6.85 Å². The van der Waals surface area contributed by atoms with Gasteiger partial charge in [0.2, 0.25) is 0 Å². The zero-order valence-electron chi connectivity index (χ0n) is 46.7. The van der Waals surface area contributed by atoms with Crippen LogP contribution in [0.25, 0.3) is 122 Å². The molecule has 0 fully saturated rings. The van der Waals surface area contributed by atoms with Gasteiger partial charge in [0.25, 0.3) is 0 Å². The fourth-order valence-corrected chi connectivity index (χ4v) is 13.1. The van der Waals surface area contributed by atoms with Crippen molar-refractivity contribution < 1.29 is 28.2 Å². The van der Waals surface area contributed by atoms with Crippen molar-refractivity contribution in [3.63, 3.8) is 0 Å². The van der Waals surface area contributed by atoms with Gasteiger partial charge in [-0.15, -0.1) is 0 Å². The van der Waals surface area contributed by atoms with E-state index in [4.69, 9.17) is 13.8 Å². The fourth-order valence-electron chi connectivity index (χ4n) is 12.0. The Balaban J connectivity index is 0.912. The summed E-state index contributed by atoms with van der Waals surface area (Å²) in [6, 6.07) is 82.1. The molecule has 5 aromatic heterocycles. The molecule has 0 bridgehead atoms. The summed E-state index contributed by atoms with van der Waals surface area (Å²) in [5, 5.41) is 16.1. The first-order valence-corrected chi connectivity index (χ1v) is 27.7. The van der Waals surface area contributed by atoms with Gasteiger partial charge in [-0.25, -0.2) is 0 Å². The number of ether oxygens (including phenoxy) is 1. The average Bonchev–Trinajstić information content (AvgIpc) is 2.08. The Hall–Kier alpha value is -9.60. The number of pyridine rings is 1. The van der Waals surface area contributed by atoms with Crippen LogP contribution in [0.1, 0.15) is 41.6 Å². The van der Waals surface area contributed by atoms with Gasteiger partial charge in [0.1, 0.15) is 0 Å². The Morgan fingerprint density at radius 3 is 1.85 bits per heavy atom. The third-order valence-corrected chi connectivity index (χ3v) is 16.7. The molecule has 15 aromatic rings. The molecule has 0 amide bonds. The monoisotopic (exact) mass is 1210 g/mol. The number of fused-ring (bicyclic) bond motifs is 10. The van der Waals surface area contributed by atoms with E-state index in [9.17, 15) is 5.26 Å². The van der Waals surface area contributed by atoms with Crippen LogP contribution in [-0.4, -0.2) is 23.1 Å². The molecule has 5 heterocycles. The molecule has 0 unspecified atom stereocenters. The molecular formula is C72H48N6OPt-2. The molecule has 0 saturated heterocycles. The molecule has 0 aliphatic carbocycles. The van der Waals surface area contributed by atoms with Crippen molar-refractivity contribution in [2.24, 2.45) is 0 Å². The number of hydrogen-bond acceptors (Lipinski definition) is 3. The molecular weight excluding hydrogens is 1160 g/mol. The van der Waals surface area contributed by atoms with E-state index in [2.05, 4.69) is 199 Å². The maximum absolute atomic E-state index is 10.3. The number of nitriles is 1. The number of rotatable bonds is 8. The third kappa shape index (κ3) is 7.44. The summed E-state index contributed by atoms with van der Waals surface area (Å²) >= 11 is 2.45. The van der Waals surface area contributed by atoms with Gasteiger partial charge in [-0.3, -0.25) is 0 Å². The second-order valence-electron chi connectivity index (χ2n) is 21.4. The van der Waals surface area contributed by atoms with Gasteiger partial charge in [0, 0.05) is 37.4 Å². The molecule has 0 aliphatic rings. The zero-order chi connectivity index (χ0) is 56.5. The van der Waals surface area contributed by atoms with E-state index in [0.29, 0.717) is 34.0 Å². The van der Waals surface area contributed by atoms with Crippen LogP contribution in [0.5, 0.6) is 11.5 Å². The Kier molecular flexibility index (Phi) is 10.1. The van der Waals surface area contributed by atoms with E-state index in [1.165, 1.54) is 0 Å². The maximum atomic E-state index is 10.3. The number of aryl methyl sites for hydroxylation is 1. The first kappa shape index (κ1) is 44.4. The molecule has 7 nitrogen and oxygen atoms in total. The summed E-state index contributed by atoms with van der Waals surface area (Å²) in [4.78, 5) is 5.14. The molecule has 0 atom stereocenters. The fraction of sp³-hybridized carbons (Fsp3) is 0.0694. The van der Waals surface area contributed by atoms with Crippen LogP contribution in [0.15, 0.2) is 219 Å². The first-order chi connectivity index (χ1) is 40.3. The minimum absolute atomic E-state index is 0.0777. The van der Waals surface area contributed by atoms with Crippen LogP contribution >= 0.6 is 0 Å². The quantitative estimate of drug-likeness (QED) is 0.142. The molecule has 15 rings (SSSR count).